The van der Waals surface area contributed by atoms with E-state index in [1.165, 1.54) is 32.4 Å². The smallest absolute Gasteiger partial charge is 0.242 e. The van der Waals surface area contributed by atoms with Gasteiger partial charge in [0.25, 0.3) is 0 Å². The highest BCUT2D eigenvalue weighted by Crippen LogP contribution is 2.32. The maximum absolute atomic E-state index is 14.1. The van der Waals surface area contributed by atoms with Crippen LogP contribution in [0.25, 0.3) is 11.4 Å². The molecule has 8 nitrogen and oxygen atoms in total. The van der Waals surface area contributed by atoms with Gasteiger partial charge in [0.1, 0.15) is 17.3 Å². The summed E-state index contributed by atoms with van der Waals surface area (Å²) in [6.45, 7) is -0.548. The van der Waals surface area contributed by atoms with Crippen molar-refractivity contribution in [3.05, 3.63) is 58.7 Å². The van der Waals surface area contributed by atoms with E-state index in [4.69, 9.17) is 25.6 Å². The molecule has 1 heterocycles. The van der Waals surface area contributed by atoms with E-state index < -0.39 is 15.8 Å². The van der Waals surface area contributed by atoms with Crippen LogP contribution in [0.4, 0.5) is 4.39 Å². The third kappa shape index (κ3) is 4.89. The maximum Gasteiger partial charge on any atom is 0.242 e. The van der Waals surface area contributed by atoms with Gasteiger partial charge in [-0.3, -0.25) is 0 Å². The van der Waals surface area contributed by atoms with Crippen LogP contribution in [-0.2, 0) is 23.1 Å². The SMILES string of the molecule is COc1ccc(OC)c(-c2noc(CN(Cc3c(F)cccc3Cl)S(C)(=O)=O)n2)c1. The van der Waals surface area contributed by atoms with Gasteiger partial charge in [-0.1, -0.05) is 22.8 Å². The molecule has 0 saturated heterocycles. The van der Waals surface area contributed by atoms with Gasteiger partial charge in [-0.05, 0) is 30.3 Å². The molecule has 0 radical (unpaired) electrons. The van der Waals surface area contributed by atoms with Gasteiger partial charge in [-0.2, -0.15) is 9.29 Å². The number of hydrogen-bond donors (Lipinski definition) is 0. The van der Waals surface area contributed by atoms with Gasteiger partial charge in [0.15, 0.2) is 0 Å². The van der Waals surface area contributed by atoms with Crippen LogP contribution in [0.15, 0.2) is 40.9 Å². The van der Waals surface area contributed by atoms with Crippen molar-refractivity contribution in [1.82, 2.24) is 14.4 Å². The lowest BCUT2D eigenvalue weighted by Gasteiger charge is -2.19. The molecule has 0 aliphatic carbocycles. The number of ether oxygens (including phenoxy) is 2. The number of benzene rings is 2. The van der Waals surface area contributed by atoms with Crippen molar-refractivity contribution in [2.45, 2.75) is 13.1 Å². The molecule has 0 unspecified atom stereocenters. The zero-order valence-electron chi connectivity index (χ0n) is 16.4. The van der Waals surface area contributed by atoms with Gasteiger partial charge < -0.3 is 14.0 Å². The Morgan fingerprint density at radius 3 is 2.57 bits per heavy atom. The first-order valence-corrected chi connectivity index (χ1v) is 10.9. The fourth-order valence-electron chi connectivity index (χ4n) is 2.72. The van der Waals surface area contributed by atoms with E-state index in [0.717, 1.165) is 10.6 Å². The van der Waals surface area contributed by atoms with Crippen LogP contribution in [0.2, 0.25) is 5.02 Å². The van der Waals surface area contributed by atoms with Crippen LogP contribution in [0, 0.1) is 5.82 Å². The third-order valence-corrected chi connectivity index (χ3v) is 5.84. The van der Waals surface area contributed by atoms with Crippen LogP contribution in [0.5, 0.6) is 11.5 Å². The molecule has 2 aromatic carbocycles. The number of sulfonamides is 1. The standard InChI is InChI=1S/C19H19ClFN3O5S/c1-27-12-7-8-17(28-2)13(9-12)19-22-18(29-23-19)11-24(30(3,25)26)10-14-15(20)5-4-6-16(14)21/h4-9H,10-11H2,1-3H3. The third-order valence-electron chi connectivity index (χ3n) is 4.29. The number of hydrogen-bond acceptors (Lipinski definition) is 7. The van der Waals surface area contributed by atoms with E-state index in [9.17, 15) is 12.8 Å². The molecule has 0 aliphatic heterocycles. The molecule has 3 rings (SSSR count). The highest BCUT2D eigenvalue weighted by Gasteiger charge is 2.24. The summed E-state index contributed by atoms with van der Waals surface area (Å²) in [5.74, 6) is 0.653. The molecule has 0 spiro atoms. The minimum atomic E-state index is -3.74. The monoisotopic (exact) mass is 455 g/mol. The summed E-state index contributed by atoms with van der Waals surface area (Å²) in [5.41, 5.74) is 0.564. The van der Waals surface area contributed by atoms with Crippen LogP contribution >= 0.6 is 11.6 Å². The minimum Gasteiger partial charge on any atom is -0.497 e. The second kappa shape index (κ2) is 8.99. The summed E-state index contributed by atoms with van der Waals surface area (Å²) in [6.07, 6.45) is 1.00. The van der Waals surface area contributed by atoms with Crippen LogP contribution in [0.1, 0.15) is 11.5 Å². The molecule has 0 saturated carbocycles. The minimum absolute atomic E-state index is 0.0211. The maximum atomic E-state index is 14.1. The van der Waals surface area contributed by atoms with E-state index >= 15 is 0 Å². The van der Waals surface area contributed by atoms with Gasteiger partial charge in [0, 0.05) is 17.1 Å². The predicted octanol–water partition coefficient (Wildman–Crippen LogP) is 3.51. The first-order valence-electron chi connectivity index (χ1n) is 8.66. The summed E-state index contributed by atoms with van der Waals surface area (Å²) in [5, 5.41) is 4.03. The van der Waals surface area contributed by atoms with Crippen molar-refractivity contribution in [3.8, 4) is 22.9 Å². The van der Waals surface area contributed by atoms with Crippen molar-refractivity contribution in [3.63, 3.8) is 0 Å². The molecule has 0 amide bonds. The Hall–Kier alpha value is -2.69. The highest BCUT2D eigenvalue weighted by atomic mass is 35.5. The molecule has 1 aromatic heterocycles. The number of nitrogens with zero attached hydrogens (tertiary/aromatic N) is 3. The summed E-state index contributed by atoms with van der Waals surface area (Å²) in [7, 11) is -0.723. The van der Waals surface area contributed by atoms with Gasteiger partial charge in [0.2, 0.25) is 21.7 Å². The van der Waals surface area contributed by atoms with E-state index in [0.29, 0.717) is 17.1 Å². The first-order chi connectivity index (χ1) is 14.2. The molecule has 0 N–H and O–H groups in total. The number of methoxy groups -OCH3 is 2. The average molecular weight is 456 g/mol. The molecule has 0 atom stereocenters. The summed E-state index contributed by atoms with van der Waals surface area (Å²) in [6, 6.07) is 9.21. The first kappa shape index (κ1) is 22.0. The molecule has 160 valence electrons. The lowest BCUT2D eigenvalue weighted by molar-refractivity contribution is 0.311. The Balaban J connectivity index is 1.90. The predicted molar refractivity (Wildman–Crippen MR) is 108 cm³/mol. The van der Waals surface area contributed by atoms with Crippen molar-refractivity contribution < 1.29 is 26.8 Å². The van der Waals surface area contributed by atoms with E-state index in [-0.39, 0.29) is 35.4 Å². The second-order valence-electron chi connectivity index (χ2n) is 6.31. The topological polar surface area (TPSA) is 94.8 Å². The molecule has 0 aliphatic rings. The number of rotatable bonds is 8. The molecular formula is C19H19ClFN3O5S. The van der Waals surface area contributed by atoms with Gasteiger partial charge >= 0.3 is 0 Å². The van der Waals surface area contributed by atoms with Crippen LogP contribution < -0.4 is 9.47 Å². The van der Waals surface area contributed by atoms with Crippen molar-refractivity contribution in [1.29, 1.82) is 0 Å². The van der Waals surface area contributed by atoms with E-state index in [2.05, 4.69) is 10.1 Å². The number of aromatic nitrogens is 2. The Bertz CT molecular complexity index is 1130. The summed E-state index contributed by atoms with van der Waals surface area (Å²) >= 11 is 6.03. The van der Waals surface area contributed by atoms with E-state index in [1.807, 2.05) is 0 Å². The normalized spacial score (nSPS) is 11.7. The van der Waals surface area contributed by atoms with Crippen LogP contribution in [0.3, 0.4) is 0 Å². The average Bonchev–Trinajstić information content (AvgIpc) is 3.17. The van der Waals surface area contributed by atoms with Crippen molar-refractivity contribution in [2.75, 3.05) is 20.5 Å². The molecule has 0 fully saturated rings. The second-order valence-corrected chi connectivity index (χ2v) is 8.70. The molecule has 0 bridgehead atoms. The number of halogens is 2. The van der Waals surface area contributed by atoms with Crippen molar-refractivity contribution in [2.24, 2.45) is 0 Å². The zero-order valence-corrected chi connectivity index (χ0v) is 18.0. The van der Waals surface area contributed by atoms with Crippen molar-refractivity contribution >= 4 is 21.6 Å². The van der Waals surface area contributed by atoms with Gasteiger partial charge in [-0.25, -0.2) is 12.8 Å². The van der Waals surface area contributed by atoms with Crippen LogP contribution in [-0.4, -0.2) is 43.3 Å². The zero-order chi connectivity index (χ0) is 21.9. The lowest BCUT2D eigenvalue weighted by atomic mass is 10.2. The molecule has 11 heteroatoms. The molecular weight excluding hydrogens is 437 g/mol. The Labute approximate surface area is 178 Å². The Morgan fingerprint density at radius 2 is 1.93 bits per heavy atom. The molecule has 30 heavy (non-hydrogen) atoms. The largest absolute Gasteiger partial charge is 0.497 e. The van der Waals surface area contributed by atoms with Gasteiger partial charge in [0.05, 0.1) is 32.6 Å². The Morgan fingerprint density at radius 1 is 1.17 bits per heavy atom. The summed E-state index contributed by atoms with van der Waals surface area (Å²) in [4.78, 5) is 4.26. The van der Waals surface area contributed by atoms with Gasteiger partial charge in [-0.15, -0.1) is 0 Å². The highest BCUT2D eigenvalue weighted by molar-refractivity contribution is 7.88. The fourth-order valence-corrected chi connectivity index (χ4v) is 3.65. The summed E-state index contributed by atoms with van der Waals surface area (Å²) < 4.78 is 55.4. The van der Waals surface area contributed by atoms with E-state index in [1.54, 1.807) is 18.2 Å². The quantitative estimate of drug-likeness (QED) is 0.513. The Kier molecular flexibility index (Phi) is 6.59. The molecule has 3 aromatic rings. The lowest BCUT2D eigenvalue weighted by Crippen LogP contribution is -2.29. The fraction of sp³-hybridized carbons (Fsp3) is 0.263.